The van der Waals surface area contributed by atoms with Gasteiger partial charge in [0.15, 0.2) is 11.5 Å². The highest BCUT2D eigenvalue weighted by Crippen LogP contribution is 2.32. The van der Waals surface area contributed by atoms with Crippen molar-refractivity contribution in [1.82, 2.24) is 10.2 Å². The average Bonchev–Trinajstić information content (AvgIpc) is 3.39. The third kappa shape index (κ3) is 5.52. The Bertz CT molecular complexity index is 1100. The molecule has 4 rings (SSSR count). The minimum absolute atomic E-state index is 0.00677. The van der Waals surface area contributed by atoms with Gasteiger partial charge in [0.25, 0.3) is 5.91 Å². The van der Waals surface area contributed by atoms with E-state index in [0.29, 0.717) is 27.8 Å². The lowest BCUT2D eigenvalue weighted by Gasteiger charge is -2.35. The van der Waals surface area contributed by atoms with Crippen LogP contribution in [0.15, 0.2) is 71.3 Å². The Morgan fingerprint density at radius 2 is 1.85 bits per heavy atom. The number of amides is 2. The first-order valence-corrected chi connectivity index (χ1v) is 11.3. The second-order valence-electron chi connectivity index (χ2n) is 7.72. The van der Waals surface area contributed by atoms with E-state index in [9.17, 15) is 14.7 Å². The van der Waals surface area contributed by atoms with Gasteiger partial charge in [0, 0.05) is 18.2 Å². The number of aliphatic hydroxyl groups is 1. The summed E-state index contributed by atoms with van der Waals surface area (Å²) in [4.78, 5) is 28.5. The zero-order valence-electron chi connectivity index (χ0n) is 18.4. The second kappa shape index (κ2) is 11.1. The summed E-state index contributed by atoms with van der Waals surface area (Å²) in [6, 6.07) is 16.3. The molecule has 3 aromatic rings. The number of nitrogens with one attached hydrogen (secondary N) is 1. The maximum absolute atomic E-state index is 13.6. The van der Waals surface area contributed by atoms with Crippen LogP contribution in [0.25, 0.3) is 0 Å². The van der Waals surface area contributed by atoms with Gasteiger partial charge in [0.1, 0.15) is 18.4 Å². The predicted octanol–water partition coefficient (Wildman–Crippen LogP) is 3.34. The molecule has 0 unspecified atom stereocenters. The Kier molecular flexibility index (Phi) is 7.72. The van der Waals surface area contributed by atoms with Crippen LogP contribution in [-0.4, -0.2) is 47.7 Å². The summed E-state index contributed by atoms with van der Waals surface area (Å²) in [5.74, 6) is 0.772. The molecule has 1 aliphatic rings. The summed E-state index contributed by atoms with van der Waals surface area (Å²) in [7, 11) is 0. The van der Waals surface area contributed by atoms with Crippen LogP contribution in [-0.2, 0) is 16.1 Å². The van der Waals surface area contributed by atoms with Gasteiger partial charge in [-0.25, -0.2) is 0 Å². The number of benzene rings is 2. The molecule has 178 valence electrons. The topological polar surface area (TPSA) is 101 Å². The van der Waals surface area contributed by atoms with Crippen molar-refractivity contribution in [3.05, 3.63) is 83.3 Å². The third-order valence-electron chi connectivity index (χ3n) is 5.39. The van der Waals surface area contributed by atoms with Gasteiger partial charge in [0.05, 0.1) is 12.8 Å². The van der Waals surface area contributed by atoms with Gasteiger partial charge in [-0.1, -0.05) is 35.9 Å². The number of halogens is 1. The number of carbonyl (C=O) groups excluding carboxylic acids is 2. The molecule has 0 saturated carbocycles. The van der Waals surface area contributed by atoms with Gasteiger partial charge in [-0.05, 0) is 48.4 Å². The van der Waals surface area contributed by atoms with E-state index in [4.69, 9.17) is 25.5 Å². The number of hydrogen-bond acceptors (Lipinski definition) is 6. The molecule has 2 atom stereocenters. The number of nitrogens with zero attached hydrogens (tertiary/aromatic N) is 1. The molecule has 9 heteroatoms. The number of carbonyl (C=O) groups is 2. The summed E-state index contributed by atoms with van der Waals surface area (Å²) >= 11 is 6.06. The van der Waals surface area contributed by atoms with Crippen molar-refractivity contribution in [3.63, 3.8) is 0 Å². The van der Waals surface area contributed by atoms with Crippen LogP contribution >= 0.6 is 11.6 Å². The monoisotopic (exact) mass is 484 g/mol. The van der Waals surface area contributed by atoms with Crippen LogP contribution in [0.2, 0.25) is 5.02 Å². The molecule has 0 aliphatic carbocycles. The molecule has 1 aromatic heterocycles. The van der Waals surface area contributed by atoms with Crippen molar-refractivity contribution in [1.29, 1.82) is 0 Å². The molecule has 2 amide bonds. The van der Waals surface area contributed by atoms with Crippen LogP contribution < -0.4 is 14.8 Å². The van der Waals surface area contributed by atoms with Gasteiger partial charge >= 0.3 is 0 Å². The molecule has 0 saturated heterocycles. The first kappa shape index (κ1) is 23.7. The molecule has 2 heterocycles. The zero-order chi connectivity index (χ0) is 23.9. The highest BCUT2D eigenvalue weighted by Gasteiger charge is 2.37. The number of ether oxygens (including phenoxy) is 2. The van der Waals surface area contributed by atoms with E-state index in [1.54, 1.807) is 54.6 Å². The maximum Gasteiger partial charge on any atom is 0.268 e. The molecule has 0 fully saturated rings. The lowest BCUT2D eigenvalue weighted by atomic mass is 10.0. The van der Waals surface area contributed by atoms with Crippen LogP contribution in [0.4, 0.5) is 0 Å². The number of para-hydroxylation sites is 2. The fourth-order valence-electron chi connectivity index (χ4n) is 3.74. The van der Waals surface area contributed by atoms with Gasteiger partial charge in [0.2, 0.25) is 12.0 Å². The largest absolute Gasteiger partial charge is 0.485 e. The van der Waals surface area contributed by atoms with Gasteiger partial charge in [-0.15, -0.1) is 0 Å². The molecule has 0 radical (unpaired) electrons. The Balaban J connectivity index is 1.62. The lowest BCUT2D eigenvalue weighted by Crippen LogP contribution is -2.51. The first-order chi connectivity index (χ1) is 16.6. The zero-order valence-corrected chi connectivity index (χ0v) is 19.1. The van der Waals surface area contributed by atoms with Crippen molar-refractivity contribution < 1.29 is 28.6 Å². The summed E-state index contributed by atoms with van der Waals surface area (Å²) in [5.41, 5.74) is 0.574. The number of fused-ring (bicyclic) bond motifs is 1. The Morgan fingerprint density at radius 1 is 1.09 bits per heavy atom. The molecular weight excluding hydrogens is 460 g/mol. The van der Waals surface area contributed by atoms with E-state index in [-0.39, 0.29) is 32.7 Å². The van der Waals surface area contributed by atoms with Crippen molar-refractivity contribution in [3.8, 4) is 11.5 Å². The minimum atomic E-state index is -0.980. The quantitative estimate of drug-likeness (QED) is 0.483. The van der Waals surface area contributed by atoms with Crippen molar-refractivity contribution >= 4 is 23.4 Å². The number of furan rings is 1. The molecule has 1 aliphatic heterocycles. The number of rotatable bonds is 9. The normalized spacial score (nSPS) is 15.4. The number of hydrogen-bond donors (Lipinski definition) is 2. The molecule has 2 N–H and O–H groups in total. The van der Waals surface area contributed by atoms with E-state index in [1.807, 2.05) is 6.07 Å². The minimum Gasteiger partial charge on any atom is -0.485 e. The van der Waals surface area contributed by atoms with Crippen molar-refractivity contribution in [2.45, 2.75) is 25.1 Å². The van der Waals surface area contributed by atoms with Crippen molar-refractivity contribution in [2.75, 3.05) is 19.8 Å². The van der Waals surface area contributed by atoms with Gasteiger partial charge < -0.3 is 29.2 Å². The lowest BCUT2D eigenvalue weighted by molar-refractivity contribution is -0.148. The molecule has 0 spiro atoms. The Labute approximate surface area is 202 Å². The van der Waals surface area contributed by atoms with E-state index in [0.717, 1.165) is 0 Å². The highest BCUT2D eigenvalue weighted by atomic mass is 35.5. The molecule has 0 bridgehead atoms. The van der Waals surface area contributed by atoms with E-state index in [1.165, 1.54) is 11.2 Å². The maximum atomic E-state index is 13.6. The first-order valence-electron chi connectivity index (χ1n) is 10.9. The summed E-state index contributed by atoms with van der Waals surface area (Å²) in [6.07, 6.45) is 0.861. The van der Waals surface area contributed by atoms with Crippen LogP contribution in [0.3, 0.4) is 0 Å². The fraction of sp³-hybridized carbons (Fsp3) is 0.280. The van der Waals surface area contributed by atoms with Crippen LogP contribution in [0.5, 0.6) is 11.5 Å². The smallest absolute Gasteiger partial charge is 0.268 e. The van der Waals surface area contributed by atoms with E-state index >= 15 is 0 Å². The summed E-state index contributed by atoms with van der Waals surface area (Å²) < 4.78 is 16.9. The van der Waals surface area contributed by atoms with E-state index in [2.05, 4.69) is 5.32 Å². The standard InChI is InChI=1S/C25H25ClN2O6/c26-18-10-8-17(9-11-18)23(24(30)27-15-19-5-3-14-32-19)28(12-4-13-29)25(31)22-16-33-20-6-1-2-7-21(20)34-22/h1-3,5-11,14,22-23,29H,4,12-13,15-16H2,(H,27,30)/t22-,23+/m0/s1. The predicted molar refractivity (Wildman–Crippen MR) is 125 cm³/mol. The summed E-state index contributed by atoms with van der Waals surface area (Å²) in [6.45, 7) is 0.162. The molecule has 34 heavy (non-hydrogen) atoms. The molecule has 2 aromatic carbocycles. The van der Waals surface area contributed by atoms with Crippen molar-refractivity contribution in [2.24, 2.45) is 0 Å². The SMILES string of the molecule is O=C(NCc1ccco1)[C@@H](c1ccc(Cl)cc1)N(CCCO)C(=O)[C@@H]1COc2ccccc2O1. The molecular formula is C25H25ClN2O6. The average molecular weight is 485 g/mol. The summed E-state index contributed by atoms with van der Waals surface area (Å²) in [5, 5.41) is 12.8. The van der Waals surface area contributed by atoms with E-state index < -0.39 is 24.0 Å². The van der Waals surface area contributed by atoms with Gasteiger partial charge in [-0.3, -0.25) is 9.59 Å². The van der Waals surface area contributed by atoms with Gasteiger partial charge in [-0.2, -0.15) is 0 Å². The van der Waals surface area contributed by atoms with Crippen LogP contribution in [0.1, 0.15) is 23.8 Å². The number of aliphatic hydroxyl groups excluding tert-OH is 1. The second-order valence-corrected chi connectivity index (χ2v) is 8.16. The third-order valence-corrected chi connectivity index (χ3v) is 5.64. The Morgan fingerprint density at radius 3 is 2.56 bits per heavy atom. The molecule has 8 nitrogen and oxygen atoms in total. The Hall–Kier alpha value is -3.49. The van der Waals surface area contributed by atoms with Crippen LogP contribution in [0, 0.1) is 0 Å². The fourth-order valence-corrected chi connectivity index (χ4v) is 3.86. The highest BCUT2D eigenvalue weighted by molar-refractivity contribution is 6.30.